The summed E-state index contributed by atoms with van der Waals surface area (Å²) in [5.74, 6) is 0. The van der Waals surface area contributed by atoms with E-state index in [0.29, 0.717) is 0 Å². The fourth-order valence-corrected chi connectivity index (χ4v) is 3.23. The minimum Gasteiger partial charge on any atom is -0.374 e. The van der Waals surface area contributed by atoms with Crippen LogP contribution >= 0.6 is 12.2 Å². The van der Waals surface area contributed by atoms with E-state index in [1.807, 2.05) is 0 Å². The highest BCUT2D eigenvalue weighted by atomic mass is 32.1. The summed E-state index contributed by atoms with van der Waals surface area (Å²) in [4.78, 5) is 5.65. The quantitative estimate of drug-likeness (QED) is 0.487. The van der Waals surface area contributed by atoms with Crippen molar-refractivity contribution in [2.75, 3.05) is 39.3 Å². The van der Waals surface area contributed by atoms with E-state index in [1.165, 1.54) is 31.4 Å². The van der Waals surface area contributed by atoms with Gasteiger partial charge in [-0.2, -0.15) is 0 Å². The molecule has 0 aromatic rings. The Morgan fingerprint density at radius 1 is 1.00 bits per heavy atom. The summed E-state index contributed by atoms with van der Waals surface area (Å²) in [6.07, 6.45) is 11.4. The van der Waals surface area contributed by atoms with Gasteiger partial charge in [-0.25, -0.2) is 0 Å². The lowest BCUT2D eigenvalue weighted by atomic mass is 10.1. The molecule has 0 bridgehead atoms. The summed E-state index contributed by atoms with van der Waals surface area (Å²) in [6, 6.07) is 0. The maximum atomic E-state index is 5.55. The Balaban J connectivity index is 1.85. The summed E-state index contributed by atoms with van der Waals surface area (Å²) in [6.45, 7) is 12.9. The predicted octanol–water partition coefficient (Wildman–Crippen LogP) is 3.11. The third-order valence-electron chi connectivity index (χ3n) is 4.39. The van der Waals surface area contributed by atoms with Gasteiger partial charge in [0.25, 0.3) is 0 Å². The lowest BCUT2D eigenvalue weighted by Gasteiger charge is -2.29. The smallest absolute Gasteiger partial charge is 0.108 e. The molecule has 1 N–H and O–H groups in total. The topological polar surface area (TPSA) is 18.5 Å². The number of allylic oxidation sites excluding steroid dienone is 3. The van der Waals surface area contributed by atoms with Gasteiger partial charge in [0.2, 0.25) is 0 Å². The Labute approximate surface area is 140 Å². The van der Waals surface area contributed by atoms with Crippen molar-refractivity contribution >= 4 is 17.2 Å². The molecule has 0 amide bonds. The number of likely N-dealkylation sites (tertiary alicyclic amines) is 1. The normalized spacial score (nSPS) is 21.0. The molecule has 0 unspecified atom stereocenters. The van der Waals surface area contributed by atoms with Crippen molar-refractivity contribution in [2.24, 2.45) is 0 Å². The Hall–Kier alpha value is -1.13. The van der Waals surface area contributed by atoms with E-state index in [0.717, 1.165) is 49.8 Å². The molecule has 0 saturated carbocycles. The Morgan fingerprint density at radius 2 is 1.73 bits per heavy atom. The van der Waals surface area contributed by atoms with Crippen LogP contribution in [0.1, 0.15) is 32.6 Å². The molecule has 2 aliphatic heterocycles. The van der Waals surface area contributed by atoms with Crippen molar-refractivity contribution in [3.63, 3.8) is 0 Å². The van der Waals surface area contributed by atoms with Crippen molar-refractivity contribution in [2.45, 2.75) is 32.6 Å². The van der Waals surface area contributed by atoms with Crippen molar-refractivity contribution in [1.29, 1.82) is 0 Å². The molecule has 22 heavy (non-hydrogen) atoms. The van der Waals surface area contributed by atoms with E-state index in [2.05, 4.69) is 46.8 Å². The van der Waals surface area contributed by atoms with Crippen LogP contribution in [0.4, 0.5) is 0 Å². The molecule has 0 atom stereocenters. The second-order valence-corrected chi connectivity index (χ2v) is 6.52. The maximum absolute atomic E-state index is 5.55. The molecule has 3 nitrogen and oxygen atoms in total. The van der Waals surface area contributed by atoms with E-state index in [9.17, 15) is 0 Å². The van der Waals surface area contributed by atoms with Gasteiger partial charge in [0.1, 0.15) is 4.99 Å². The van der Waals surface area contributed by atoms with Crippen LogP contribution in [-0.4, -0.2) is 54.1 Å². The second kappa shape index (κ2) is 9.11. The summed E-state index contributed by atoms with van der Waals surface area (Å²) in [5, 5.41) is 3.43. The van der Waals surface area contributed by atoms with Crippen LogP contribution in [0, 0.1) is 0 Å². The van der Waals surface area contributed by atoms with E-state index in [-0.39, 0.29) is 0 Å². The first-order chi connectivity index (χ1) is 10.7. The van der Waals surface area contributed by atoms with Crippen LogP contribution in [-0.2, 0) is 0 Å². The number of nitrogens with zero attached hydrogens (tertiary/aromatic N) is 2. The van der Waals surface area contributed by atoms with Crippen LogP contribution in [0.3, 0.4) is 0 Å². The van der Waals surface area contributed by atoms with Crippen LogP contribution in [0.2, 0.25) is 0 Å². The highest BCUT2D eigenvalue weighted by molar-refractivity contribution is 7.80. The lowest BCUT2D eigenvalue weighted by molar-refractivity contribution is 0.347. The van der Waals surface area contributed by atoms with Gasteiger partial charge in [0, 0.05) is 44.0 Å². The predicted molar refractivity (Wildman–Crippen MR) is 99.1 cm³/mol. The second-order valence-electron chi connectivity index (χ2n) is 6.14. The summed E-state index contributed by atoms with van der Waals surface area (Å²) in [5.41, 5.74) is 2.27. The van der Waals surface area contributed by atoms with Gasteiger partial charge in [0.05, 0.1) is 0 Å². The molecule has 2 heterocycles. The minimum atomic E-state index is 0.918. The molecule has 2 fully saturated rings. The summed E-state index contributed by atoms with van der Waals surface area (Å²) in [7, 11) is 0. The van der Waals surface area contributed by atoms with E-state index >= 15 is 0 Å². The Bertz CT molecular complexity index is 439. The van der Waals surface area contributed by atoms with Crippen LogP contribution in [0.15, 0.2) is 36.1 Å². The van der Waals surface area contributed by atoms with Gasteiger partial charge in [-0.05, 0) is 45.2 Å². The zero-order chi connectivity index (χ0) is 15.8. The molecule has 2 rings (SSSR count). The van der Waals surface area contributed by atoms with Gasteiger partial charge >= 0.3 is 0 Å². The van der Waals surface area contributed by atoms with Crippen molar-refractivity contribution in [3.05, 3.63) is 36.1 Å². The number of hydrogen-bond donors (Lipinski definition) is 1. The maximum Gasteiger partial charge on any atom is 0.108 e. The van der Waals surface area contributed by atoms with Gasteiger partial charge < -0.3 is 15.1 Å². The molecule has 4 heteroatoms. The molecular weight excluding hydrogens is 290 g/mol. The Kier molecular flexibility index (Phi) is 7.13. The van der Waals surface area contributed by atoms with Crippen molar-refractivity contribution in [3.8, 4) is 0 Å². The van der Waals surface area contributed by atoms with Crippen LogP contribution in [0.25, 0.3) is 0 Å². The monoisotopic (exact) mass is 319 g/mol. The van der Waals surface area contributed by atoms with Gasteiger partial charge in [-0.3, -0.25) is 0 Å². The number of rotatable bonds is 4. The van der Waals surface area contributed by atoms with E-state index in [1.54, 1.807) is 0 Å². The molecular formula is C18H29N3S. The van der Waals surface area contributed by atoms with E-state index in [4.69, 9.17) is 12.2 Å². The fraction of sp³-hybridized carbons (Fsp3) is 0.611. The third kappa shape index (κ3) is 5.25. The fourth-order valence-electron chi connectivity index (χ4n) is 2.98. The number of piperidine rings is 1. The number of hydrogen-bond acceptors (Lipinski definition) is 3. The molecule has 2 aliphatic rings. The molecule has 0 radical (unpaired) electrons. The largest absolute Gasteiger partial charge is 0.374 e. The van der Waals surface area contributed by atoms with Crippen LogP contribution < -0.4 is 5.32 Å². The SMILES string of the molecule is C=C(/C=C\C=C(/C)N1CCCNCC1)C(=S)N1CCCCC1. The average Bonchev–Trinajstić information content (AvgIpc) is 2.84. The van der Waals surface area contributed by atoms with Gasteiger partial charge in [-0.1, -0.05) is 30.9 Å². The van der Waals surface area contributed by atoms with E-state index < -0.39 is 0 Å². The van der Waals surface area contributed by atoms with Crippen molar-refractivity contribution < 1.29 is 0 Å². The molecule has 0 aromatic heterocycles. The molecule has 2 saturated heterocycles. The lowest BCUT2D eigenvalue weighted by Crippen LogP contribution is -2.34. The van der Waals surface area contributed by atoms with Gasteiger partial charge in [0.15, 0.2) is 0 Å². The molecule has 0 aromatic carbocycles. The Morgan fingerprint density at radius 3 is 2.50 bits per heavy atom. The molecule has 0 spiro atoms. The van der Waals surface area contributed by atoms with Crippen LogP contribution in [0.5, 0.6) is 0 Å². The first kappa shape index (κ1) is 17.2. The summed E-state index contributed by atoms with van der Waals surface area (Å²) >= 11 is 5.55. The zero-order valence-electron chi connectivity index (χ0n) is 13.8. The minimum absolute atomic E-state index is 0.918. The third-order valence-corrected chi connectivity index (χ3v) is 4.91. The highest BCUT2D eigenvalue weighted by Gasteiger charge is 2.14. The number of nitrogens with one attached hydrogen (secondary N) is 1. The van der Waals surface area contributed by atoms with Crippen molar-refractivity contribution in [1.82, 2.24) is 15.1 Å². The van der Waals surface area contributed by atoms with Gasteiger partial charge in [-0.15, -0.1) is 0 Å². The molecule has 0 aliphatic carbocycles. The summed E-state index contributed by atoms with van der Waals surface area (Å²) < 4.78 is 0. The standard InChI is InChI=1S/C18H29N3S/c1-16(18(22)21-12-4-3-5-13-21)8-6-9-17(2)20-14-7-10-19-11-15-20/h6,8-9,19H,1,3-5,7,10-15H2,2H3/b8-6-,17-9+. The molecule has 122 valence electrons. The first-order valence-corrected chi connectivity index (χ1v) is 8.88. The highest BCUT2D eigenvalue weighted by Crippen LogP contribution is 2.14. The zero-order valence-corrected chi connectivity index (χ0v) is 14.6. The number of thiocarbonyl (C=S) groups is 1. The first-order valence-electron chi connectivity index (χ1n) is 8.47. The average molecular weight is 320 g/mol.